The quantitative estimate of drug-likeness (QED) is 0.684. The van der Waals surface area contributed by atoms with E-state index in [1.807, 2.05) is 6.07 Å². The molecule has 0 saturated heterocycles. The number of ether oxygens (including phenoxy) is 1. The number of hydrogen-bond donors (Lipinski definition) is 3. The van der Waals surface area contributed by atoms with Gasteiger partial charge in [-0.05, 0) is 24.1 Å². The third-order valence-electron chi connectivity index (χ3n) is 3.03. The Balaban J connectivity index is 2.87. The summed E-state index contributed by atoms with van der Waals surface area (Å²) in [6.07, 6.45) is 0. The number of nitrogen functional groups attached to an aromatic ring is 1. The average molecular weight is 265 g/mol. The van der Waals surface area contributed by atoms with Crippen LogP contribution in [0.5, 0.6) is 0 Å². The zero-order valence-corrected chi connectivity index (χ0v) is 12.0. The van der Waals surface area contributed by atoms with Gasteiger partial charge in [-0.15, -0.1) is 0 Å². The van der Waals surface area contributed by atoms with Crippen molar-refractivity contribution in [2.75, 3.05) is 31.8 Å². The second-order valence-corrected chi connectivity index (χ2v) is 4.83. The summed E-state index contributed by atoms with van der Waals surface area (Å²) in [5.41, 5.74) is 7.91. The molecule has 0 radical (unpaired) electrons. The van der Waals surface area contributed by atoms with Gasteiger partial charge in [-0.25, -0.2) is 0 Å². The molecule has 0 heterocycles. The van der Waals surface area contributed by atoms with Crippen LogP contribution in [0.4, 0.5) is 11.4 Å². The van der Waals surface area contributed by atoms with Gasteiger partial charge in [0.25, 0.3) is 5.91 Å². The minimum atomic E-state index is -0.143. The molecule has 0 saturated carbocycles. The van der Waals surface area contributed by atoms with Crippen LogP contribution in [0.25, 0.3) is 0 Å². The van der Waals surface area contributed by atoms with Crippen molar-refractivity contribution in [2.45, 2.75) is 19.9 Å². The number of methoxy groups -OCH3 is 1. The van der Waals surface area contributed by atoms with Crippen molar-refractivity contribution < 1.29 is 9.53 Å². The van der Waals surface area contributed by atoms with Crippen molar-refractivity contribution in [3.8, 4) is 0 Å². The van der Waals surface area contributed by atoms with Crippen molar-refractivity contribution in [1.82, 2.24) is 5.32 Å². The highest BCUT2D eigenvalue weighted by molar-refractivity contribution is 5.95. The lowest BCUT2D eigenvalue weighted by Gasteiger charge is -2.23. The first-order valence-electron chi connectivity index (χ1n) is 6.36. The van der Waals surface area contributed by atoms with Gasteiger partial charge in [0, 0.05) is 19.7 Å². The van der Waals surface area contributed by atoms with Crippen LogP contribution >= 0.6 is 0 Å². The molecule has 0 aliphatic heterocycles. The van der Waals surface area contributed by atoms with Crippen LogP contribution in [0.15, 0.2) is 18.2 Å². The van der Waals surface area contributed by atoms with E-state index in [4.69, 9.17) is 10.5 Å². The number of carbonyl (C=O) groups is 1. The molecular formula is C14H23N3O2. The van der Waals surface area contributed by atoms with Crippen LogP contribution < -0.4 is 16.4 Å². The summed E-state index contributed by atoms with van der Waals surface area (Å²) in [5.74, 6) is 0.272. The van der Waals surface area contributed by atoms with Gasteiger partial charge in [-0.3, -0.25) is 4.79 Å². The maximum Gasteiger partial charge on any atom is 0.251 e. The highest BCUT2D eigenvalue weighted by atomic mass is 16.5. The zero-order chi connectivity index (χ0) is 14.4. The van der Waals surface area contributed by atoms with Crippen molar-refractivity contribution in [3.63, 3.8) is 0 Å². The summed E-state index contributed by atoms with van der Waals surface area (Å²) in [6.45, 7) is 4.84. The van der Waals surface area contributed by atoms with Gasteiger partial charge >= 0.3 is 0 Å². The summed E-state index contributed by atoms with van der Waals surface area (Å²) >= 11 is 0. The molecule has 19 heavy (non-hydrogen) atoms. The molecule has 0 bridgehead atoms. The molecule has 0 fully saturated rings. The van der Waals surface area contributed by atoms with Gasteiger partial charge in [-0.1, -0.05) is 13.8 Å². The van der Waals surface area contributed by atoms with E-state index >= 15 is 0 Å². The van der Waals surface area contributed by atoms with Gasteiger partial charge in [0.2, 0.25) is 0 Å². The Hall–Kier alpha value is -1.75. The largest absolute Gasteiger partial charge is 0.397 e. The molecule has 1 amide bonds. The lowest BCUT2D eigenvalue weighted by molar-refractivity contribution is 0.0963. The van der Waals surface area contributed by atoms with E-state index in [0.717, 1.165) is 5.69 Å². The SMILES string of the molecule is CNC(=O)c1ccc(NC(COC)C(C)C)c(N)c1. The van der Waals surface area contributed by atoms with Crippen molar-refractivity contribution >= 4 is 17.3 Å². The van der Waals surface area contributed by atoms with Crippen LogP contribution in [0.1, 0.15) is 24.2 Å². The average Bonchev–Trinajstić information content (AvgIpc) is 2.39. The third-order valence-corrected chi connectivity index (χ3v) is 3.03. The molecule has 1 aromatic carbocycles. The van der Waals surface area contributed by atoms with Crippen molar-refractivity contribution in [3.05, 3.63) is 23.8 Å². The Bertz CT molecular complexity index is 433. The van der Waals surface area contributed by atoms with Gasteiger partial charge in [-0.2, -0.15) is 0 Å². The summed E-state index contributed by atoms with van der Waals surface area (Å²) < 4.78 is 5.19. The van der Waals surface area contributed by atoms with E-state index in [-0.39, 0.29) is 11.9 Å². The van der Waals surface area contributed by atoms with Gasteiger partial charge in [0.1, 0.15) is 0 Å². The minimum Gasteiger partial charge on any atom is -0.397 e. The number of nitrogens with one attached hydrogen (secondary N) is 2. The van der Waals surface area contributed by atoms with E-state index < -0.39 is 0 Å². The molecule has 4 N–H and O–H groups in total. The molecule has 0 aliphatic carbocycles. The fraction of sp³-hybridized carbons (Fsp3) is 0.500. The summed E-state index contributed by atoms with van der Waals surface area (Å²) in [6, 6.07) is 5.43. The second-order valence-electron chi connectivity index (χ2n) is 4.83. The standard InChI is InChI=1S/C14H23N3O2/c1-9(2)13(8-19-4)17-12-6-5-10(7-11(12)15)14(18)16-3/h5-7,9,13,17H,8,15H2,1-4H3,(H,16,18). The van der Waals surface area contributed by atoms with E-state index in [1.54, 1.807) is 26.3 Å². The molecule has 5 heteroatoms. The molecule has 0 spiro atoms. The maximum absolute atomic E-state index is 11.5. The van der Waals surface area contributed by atoms with Crippen LogP contribution in [0.3, 0.4) is 0 Å². The Morgan fingerprint density at radius 1 is 1.42 bits per heavy atom. The summed E-state index contributed by atoms with van der Waals surface area (Å²) in [7, 11) is 3.27. The predicted molar refractivity (Wildman–Crippen MR) is 78.4 cm³/mol. The smallest absolute Gasteiger partial charge is 0.251 e. The number of benzene rings is 1. The Morgan fingerprint density at radius 3 is 2.58 bits per heavy atom. The van der Waals surface area contributed by atoms with Crippen LogP contribution in [0, 0.1) is 5.92 Å². The van der Waals surface area contributed by atoms with Gasteiger partial charge < -0.3 is 21.1 Å². The van der Waals surface area contributed by atoms with E-state index in [2.05, 4.69) is 24.5 Å². The molecule has 1 atom stereocenters. The molecular weight excluding hydrogens is 242 g/mol. The van der Waals surface area contributed by atoms with Crippen molar-refractivity contribution in [1.29, 1.82) is 0 Å². The third kappa shape index (κ3) is 4.13. The Kier molecular flexibility index (Phi) is 5.63. The van der Waals surface area contributed by atoms with E-state index in [0.29, 0.717) is 23.8 Å². The van der Waals surface area contributed by atoms with Gasteiger partial charge in [0.15, 0.2) is 0 Å². The number of amides is 1. The Labute approximate surface area is 114 Å². The number of rotatable bonds is 6. The predicted octanol–water partition coefficient (Wildman–Crippen LogP) is 1.71. The monoisotopic (exact) mass is 265 g/mol. The number of carbonyl (C=O) groups excluding carboxylic acids is 1. The fourth-order valence-corrected chi connectivity index (χ4v) is 1.76. The highest BCUT2D eigenvalue weighted by Gasteiger charge is 2.14. The molecule has 1 rings (SSSR count). The molecule has 1 unspecified atom stereocenters. The Morgan fingerprint density at radius 2 is 2.11 bits per heavy atom. The summed E-state index contributed by atoms with van der Waals surface area (Å²) in [4.78, 5) is 11.5. The second kappa shape index (κ2) is 6.99. The molecule has 1 aromatic rings. The number of hydrogen-bond acceptors (Lipinski definition) is 4. The number of anilines is 2. The number of nitrogens with two attached hydrogens (primary N) is 1. The molecule has 0 aliphatic rings. The van der Waals surface area contributed by atoms with Crippen molar-refractivity contribution in [2.24, 2.45) is 5.92 Å². The lowest BCUT2D eigenvalue weighted by Crippen LogP contribution is -2.30. The minimum absolute atomic E-state index is 0.143. The molecule has 106 valence electrons. The first-order valence-corrected chi connectivity index (χ1v) is 6.36. The van der Waals surface area contributed by atoms with Crippen LogP contribution in [-0.4, -0.2) is 32.7 Å². The molecule has 0 aromatic heterocycles. The zero-order valence-electron chi connectivity index (χ0n) is 12.0. The van der Waals surface area contributed by atoms with Gasteiger partial charge in [0.05, 0.1) is 24.0 Å². The molecule has 5 nitrogen and oxygen atoms in total. The van der Waals surface area contributed by atoms with E-state index in [9.17, 15) is 4.79 Å². The topological polar surface area (TPSA) is 76.4 Å². The van der Waals surface area contributed by atoms with E-state index in [1.165, 1.54) is 0 Å². The first kappa shape index (κ1) is 15.3. The van der Waals surface area contributed by atoms with Crippen LogP contribution in [0.2, 0.25) is 0 Å². The highest BCUT2D eigenvalue weighted by Crippen LogP contribution is 2.22. The van der Waals surface area contributed by atoms with Crippen LogP contribution in [-0.2, 0) is 4.74 Å². The first-order chi connectivity index (χ1) is 8.99. The maximum atomic E-state index is 11.5. The normalized spacial score (nSPS) is 12.3. The fourth-order valence-electron chi connectivity index (χ4n) is 1.76. The summed E-state index contributed by atoms with van der Waals surface area (Å²) in [5, 5.41) is 5.92. The lowest BCUT2D eigenvalue weighted by atomic mass is 10.0.